The van der Waals surface area contributed by atoms with Crippen molar-refractivity contribution in [2.45, 2.75) is 0 Å². The number of nitrogens with one attached hydrogen (secondary N) is 1. The molecule has 0 atom stereocenters. The van der Waals surface area contributed by atoms with Crippen molar-refractivity contribution in [3.8, 4) is 0 Å². The van der Waals surface area contributed by atoms with Crippen molar-refractivity contribution in [1.82, 2.24) is 5.32 Å². The average molecular weight is 228 g/mol. The van der Waals surface area contributed by atoms with Crippen LogP contribution in [0.1, 0.15) is 10.4 Å². The molecular formula is C11H14F2N2O. The zero-order chi connectivity index (χ0) is 12.3. The van der Waals surface area contributed by atoms with Gasteiger partial charge in [-0.25, -0.2) is 8.78 Å². The van der Waals surface area contributed by atoms with E-state index in [1.54, 1.807) is 26.0 Å². The SMILES string of the molecule is CNCC(=O)c1cc(F)c(F)cc1N(C)C. The Balaban J connectivity index is 3.24. The third kappa shape index (κ3) is 2.55. The number of carbonyl (C=O) groups excluding carboxylic acids is 1. The lowest BCUT2D eigenvalue weighted by molar-refractivity contribution is 0.0993. The number of hydrogen-bond acceptors (Lipinski definition) is 3. The number of ketones is 1. The smallest absolute Gasteiger partial charge is 0.178 e. The monoisotopic (exact) mass is 228 g/mol. The van der Waals surface area contributed by atoms with Crippen molar-refractivity contribution >= 4 is 11.5 Å². The van der Waals surface area contributed by atoms with Crippen molar-refractivity contribution in [1.29, 1.82) is 0 Å². The molecule has 0 bridgehead atoms. The molecule has 0 aromatic heterocycles. The summed E-state index contributed by atoms with van der Waals surface area (Å²) >= 11 is 0. The molecule has 0 saturated heterocycles. The fourth-order valence-corrected chi connectivity index (χ4v) is 1.39. The van der Waals surface area contributed by atoms with E-state index < -0.39 is 11.6 Å². The van der Waals surface area contributed by atoms with Crippen molar-refractivity contribution in [2.24, 2.45) is 0 Å². The molecule has 16 heavy (non-hydrogen) atoms. The number of carbonyl (C=O) groups is 1. The van der Waals surface area contributed by atoms with E-state index in [4.69, 9.17) is 0 Å². The molecule has 1 aromatic carbocycles. The van der Waals surface area contributed by atoms with Gasteiger partial charge in [0, 0.05) is 25.7 Å². The molecule has 3 nitrogen and oxygen atoms in total. The first-order valence-electron chi connectivity index (χ1n) is 4.81. The van der Waals surface area contributed by atoms with Crippen LogP contribution in [0, 0.1) is 11.6 Å². The first-order chi connectivity index (χ1) is 7.47. The second-order valence-electron chi connectivity index (χ2n) is 3.63. The lowest BCUT2D eigenvalue weighted by Gasteiger charge is -2.17. The Morgan fingerprint density at radius 3 is 2.38 bits per heavy atom. The zero-order valence-electron chi connectivity index (χ0n) is 9.47. The van der Waals surface area contributed by atoms with Crippen LogP contribution >= 0.6 is 0 Å². The van der Waals surface area contributed by atoms with E-state index in [9.17, 15) is 13.6 Å². The Morgan fingerprint density at radius 2 is 1.88 bits per heavy atom. The Morgan fingerprint density at radius 1 is 1.31 bits per heavy atom. The number of halogens is 2. The minimum atomic E-state index is -1.01. The standard InChI is InChI=1S/C11H14F2N2O/c1-14-6-11(16)7-4-8(12)9(13)5-10(7)15(2)3/h4-5,14H,6H2,1-3H3. The summed E-state index contributed by atoms with van der Waals surface area (Å²) in [5.41, 5.74) is 0.553. The molecule has 0 aliphatic rings. The number of hydrogen-bond donors (Lipinski definition) is 1. The second kappa shape index (κ2) is 5.03. The van der Waals surface area contributed by atoms with Crippen LogP contribution in [0.3, 0.4) is 0 Å². The summed E-state index contributed by atoms with van der Waals surface area (Å²) in [7, 11) is 4.96. The Kier molecular flexibility index (Phi) is 3.95. The minimum Gasteiger partial charge on any atom is -0.377 e. The molecule has 0 aliphatic carbocycles. The third-order valence-corrected chi connectivity index (χ3v) is 2.16. The largest absolute Gasteiger partial charge is 0.377 e. The molecule has 0 spiro atoms. The van der Waals surface area contributed by atoms with E-state index in [0.717, 1.165) is 12.1 Å². The van der Waals surface area contributed by atoms with Gasteiger partial charge in [0.05, 0.1) is 12.2 Å². The predicted molar refractivity (Wildman–Crippen MR) is 58.9 cm³/mol. The summed E-state index contributed by atoms with van der Waals surface area (Å²) in [6, 6.07) is 1.96. The second-order valence-corrected chi connectivity index (χ2v) is 3.63. The van der Waals surface area contributed by atoms with Crippen molar-refractivity contribution in [3.63, 3.8) is 0 Å². The lowest BCUT2D eigenvalue weighted by atomic mass is 10.1. The van der Waals surface area contributed by atoms with Crippen LogP contribution in [0.15, 0.2) is 12.1 Å². The number of Topliss-reactive ketones (excluding diaryl/α,β-unsaturated/α-hetero) is 1. The van der Waals surface area contributed by atoms with Crippen LogP contribution in [-0.4, -0.2) is 33.5 Å². The van der Waals surface area contributed by atoms with Gasteiger partial charge in [0.1, 0.15) is 0 Å². The van der Waals surface area contributed by atoms with Crippen LogP contribution in [0.2, 0.25) is 0 Å². The van der Waals surface area contributed by atoms with Gasteiger partial charge in [0.2, 0.25) is 0 Å². The van der Waals surface area contributed by atoms with Gasteiger partial charge in [0.25, 0.3) is 0 Å². The maximum Gasteiger partial charge on any atom is 0.178 e. The summed E-state index contributed by atoms with van der Waals surface area (Å²) in [5, 5.41) is 2.68. The quantitative estimate of drug-likeness (QED) is 0.791. The first kappa shape index (κ1) is 12.6. The summed E-state index contributed by atoms with van der Waals surface area (Å²) in [4.78, 5) is 13.2. The third-order valence-electron chi connectivity index (χ3n) is 2.16. The summed E-state index contributed by atoms with van der Waals surface area (Å²) < 4.78 is 26.1. The number of nitrogens with zero attached hydrogens (tertiary/aromatic N) is 1. The molecule has 0 aliphatic heterocycles. The number of benzene rings is 1. The fraction of sp³-hybridized carbons (Fsp3) is 0.364. The van der Waals surface area contributed by atoms with E-state index in [2.05, 4.69) is 5.32 Å². The maximum absolute atomic E-state index is 13.1. The van der Waals surface area contributed by atoms with Crippen molar-refractivity contribution in [2.75, 3.05) is 32.6 Å². The van der Waals surface area contributed by atoms with E-state index in [1.807, 2.05) is 0 Å². The molecule has 0 amide bonds. The zero-order valence-corrected chi connectivity index (χ0v) is 9.47. The highest BCUT2D eigenvalue weighted by molar-refractivity contribution is 6.02. The normalized spacial score (nSPS) is 10.3. The molecule has 5 heteroatoms. The molecule has 1 rings (SSSR count). The molecule has 0 heterocycles. The first-order valence-corrected chi connectivity index (χ1v) is 4.81. The highest BCUT2D eigenvalue weighted by atomic mass is 19.2. The minimum absolute atomic E-state index is 0.0892. The predicted octanol–water partition coefficient (Wildman–Crippen LogP) is 1.43. The molecule has 1 N–H and O–H groups in total. The van der Waals surface area contributed by atoms with Crippen LogP contribution in [0.4, 0.5) is 14.5 Å². The van der Waals surface area contributed by atoms with Gasteiger partial charge in [-0.1, -0.05) is 0 Å². The molecule has 0 unspecified atom stereocenters. The average Bonchev–Trinajstić information content (AvgIpc) is 2.21. The lowest BCUT2D eigenvalue weighted by Crippen LogP contribution is -2.22. The van der Waals surface area contributed by atoms with Gasteiger partial charge >= 0.3 is 0 Å². The Labute approximate surface area is 93.1 Å². The summed E-state index contributed by atoms with van der Waals surface area (Å²) in [6.07, 6.45) is 0. The summed E-state index contributed by atoms with van der Waals surface area (Å²) in [6.45, 7) is 0.0892. The van der Waals surface area contributed by atoms with Crippen LogP contribution in [-0.2, 0) is 0 Å². The van der Waals surface area contributed by atoms with Gasteiger partial charge < -0.3 is 10.2 Å². The van der Waals surface area contributed by atoms with Crippen LogP contribution in [0.5, 0.6) is 0 Å². The molecule has 0 saturated carbocycles. The van der Waals surface area contributed by atoms with Gasteiger partial charge in [-0.15, -0.1) is 0 Å². The van der Waals surface area contributed by atoms with Gasteiger partial charge in [-0.3, -0.25) is 4.79 Å². The number of anilines is 1. The van der Waals surface area contributed by atoms with Crippen LogP contribution < -0.4 is 10.2 Å². The Bertz CT molecular complexity index is 405. The van der Waals surface area contributed by atoms with Gasteiger partial charge in [-0.05, 0) is 13.1 Å². The molecule has 0 radical (unpaired) electrons. The van der Waals surface area contributed by atoms with E-state index in [-0.39, 0.29) is 17.9 Å². The summed E-state index contributed by atoms with van der Waals surface area (Å²) in [5.74, 6) is -2.24. The topological polar surface area (TPSA) is 32.3 Å². The van der Waals surface area contributed by atoms with E-state index in [1.165, 1.54) is 0 Å². The maximum atomic E-state index is 13.1. The van der Waals surface area contributed by atoms with Gasteiger partial charge in [-0.2, -0.15) is 0 Å². The van der Waals surface area contributed by atoms with E-state index in [0.29, 0.717) is 5.69 Å². The Hall–Kier alpha value is -1.49. The highest BCUT2D eigenvalue weighted by Crippen LogP contribution is 2.22. The van der Waals surface area contributed by atoms with Crippen molar-refractivity contribution in [3.05, 3.63) is 29.3 Å². The molecule has 1 aromatic rings. The van der Waals surface area contributed by atoms with E-state index >= 15 is 0 Å². The van der Waals surface area contributed by atoms with Gasteiger partial charge in [0.15, 0.2) is 17.4 Å². The fourth-order valence-electron chi connectivity index (χ4n) is 1.39. The molecule has 0 fully saturated rings. The molecule has 88 valence electrons. The highest BCUT2D eigenvalue weighted by Gasteiger charge is 2.16. The number of rotatable bonds is 4. The van der Waals surface area contributed by atoms with Crippen LogP contribution in [0.25, 0.3) is 0 Å². The molecular weight excluding hydrogens is 214 g/mol. The number of likely N-dealkylation sites (N-methyl/N-ethyl adjacent to an activating group) is 1. The van der Waals surface area contributed by atoms with Crippen molar-refractivity contribution < 1.29 is 13.6 Å².